The van der Waals surface area contributed by atoms with Crippen LogP contribution in [-0.4, -0.2) is 24.5 Å². The molecule has 0 saturated carbocycles. The molecule has 0 aliphatic heterocycles. The van der Waals surface area contributed by atoms with Gasteiger partial charge in [-0.3, -0.25) is 4.55 Å². The largest absolute Gasteiger partial charge is 0.286 e. The molecule has 0 aromatic heterocycles. The fourth-order valence-electron chi connectivity index (χ4n) is 0.412. The molecule has 0 heterocycles. The number of thiol groups is 1. The highest BCUT2D eigenvalue weighted by Gasteiger charge is 2.09. The Morgan fingerprint density at radius 1 is 1.67 bits per heavy atom. The lowest BCUT2D eigenvalue weighted by molar-refractivity contribution is 0.474. The van der Waals surface area contributed by atoms with E-state index in [1.165, 1.54) is 0 Å². The second kappa shape index (κ2) is 3.43. The van der Waals surface area contributed by atoms with Gasteiger partial charge in [-0.25, -0.2) is 0 Å². The first-order valence-corrected chi connectivity index (χ1v) is 4.76. The first-order valence-electron chi connectivity index (χ1n) is 2.51. The molecule has 1 N–H and O–H groups in total. The molecular weight excluding hydrogens is 160 g/mol. The minimum Gasteiger partial charge on any atom is -0.286 e. The molecule has 0 aromatic carbocycles. The summed E-state index contributed by atoms with van der Waals surface area (Å²) in [7, 11) is -3.78. The van der Waals surface area contributed by atoms with Gasteiger partial charge in [-0.2, -0.15) is 21.0 Å². The minimum atomic E-state index is -3.78. The molecule has 0 rings (SSSR count). The summed E-state index contributed by atoms with van der Waals surface area (Å²) >= 11 is 3.85. The quantitative estimate of drug-likeness (QED) is 0.477. The van der Waals surface area contributed by atoms with Gasteiger partial charge in [-0.1, -0.05) is 6.92 Å². The summed E-state index contributed by atoms with van der Waals surface area (Å²) in [5.41, 5.74) is 0. The van der Waals surface area contributed by atoms with Gasteiger partial charge >= 0.3 is 0 Å². The number of hydrogen-bond donors (Lipinski definition) is 2. The first-order chi connectivity index (χ1) is 3.95. The average molecular weight is 170 g/mol. The monoisotopic (exact) mass is 170 g/mol. The van der Waals surface area contributed by atoms with Gasteiger partial charge in [-0.15, -0.1) is 0 Å². The van der Waals surface area contributed by atoms with Gasteiger partial charge in [0, 0.05) is 0 Å². The van der Waals surface area contributed by atoms with Crippen LogP contribution in [0.15, 0.2) is 0 Å². The molecule has 1 atom stereocenters. The second-order valence-electron chi connectivity index (χ2n) is 2.04. The van der Waals surface area contributed by atoms with E-state index in [0.717, 1.165) is 0 Å². The van der Waals surface area contributed by atoms with E-state index in [1.54, 1.807) is 6.92 Å². The summed E-state index contributed by atoms with van der Waals surface area (Å²) in [6.45, 7) is 1.71. The van der Waals surface area contributed by atoms with Crippen molar-refractivity contribution in [2.45, 2.75) is 6.92 Å². The maximum absolute atomic E-state index is 10.1. The van der Waals surface area contributed by atoms with Gasteiger partial charge in [0.05, 0.1) is 5.75 Å². The summed E-state index contributed by atoms with van der Waals surface area (Å²) in [4.78, 5) is 0. The highest BCUT2D eigenvalue weighted by atomic mass is 32.2. The van der Waals surface area contributed by atoms with Crippen LogP contribution < -0.4 is 0 Å². The molecule has 3 nitrogen and oxygen atoms in total. The molecular formula is C4H10O3S2. The molecule has 0 bridgehead atoms. The first kappa shape index (κ1) is 9.26. The van der Waals surface area contributed by atoms with Crippen molar-refractivity contribution < 1.29 is 13.0 Å². The van der Waals surface area contributed by atoms with Crippen LogP contribution in [0.1, 0.15) is 6.92 Å². The van der Waals surface area contributed by atoms with Crippen LogP contribution in [0.25, 0.3) is 0 Å². The van der Waals surface area contributed by atoms with E-state index in [0.29, 0.717) is 5.75 Å². The van der Waals surface area contributed by atoms with Crippen molar-refractivity contribution in [3.63, 3.8) is 0 Å². The second-order valence-corrected chi connectivity index (χ2v) is 3.90. The van der Waals surface area contributed by atoms with Crippen molar-refractivity contribution in [3.05, 3.63) is 0 Å². The van der Waals surface area contributed by atoms with Gasteiger partial charge < -0.3 is 0 Å². The van der Waals surface area contributed by atoms with E-state index < -0.39 is 10.1 Å². The van der Waals surface area contributed by atoms with Gasteiger partial charge in [0.25, 0.3) is 10.1 Å². The Labute approximate surface area is 60.6 Å². The maximum Gasteiger partial charge on any atom is 0.265 e. The molecule has 0 fully saturated rings. The van der Waals surface area contributed by atoms with Crippen LogP contribution in [0.3, 0.4) is 0 Å². The van der Waals surface area contributed by atoms with Crippen molar-refractivity contribution in [1.82, 2.24) is 0 Å². The minimum absolute atomic E-state index is 0.0802. The van der Waals surface area contributed by atoms with E-state index in [9.17, 15) is 8.42 Å². The van der Waals surface area contributed by atoms with E-state index in [4.69, 9.17) is 4.55 Å². The lowest BCUT2D eigenvalue weighted by Gasteiger charge is -2.02. The SMILES string of the molecule is CC(CS)CS(=O)(=O)O. The highest BCUT2D eigenvalue weighted by Crippen LogP contribution is 2.00. The van der Waals surface area contributed by atoms with Crippen LogP contribution in [0.2, 0.25) is 0 Å². The Balaban J connectivity index is 3.75. The van der Waals surface area contributed by atoms with Gasteiger partial charge in [0.1, 0.15) is 0 Å². The lowest BCUT2D eigenvalue weighted by atomic mass is 10.3. The van der Waals surface area contributed by atoms with Crippen LogP contribution in [0, 0.1) is 5.92 Å². The van der Waals surface area contributed by atoms with Gasteiger partial charge in [0.15, 0.2) is 0 Å². The summed E-state index contributed by atoms with van der Waals surface area (Å²) in [5.74, 6) is 0.194. The summed E-state index contributed by atoms with van der Waals surface area (Å²) in [6, 6.07) is 0. The van der Waals surface area contributed by atoms with Crippen molar-refractivity contribution in [1.29, 1.82) is 0 Å². The van der Waals surface area contributed by atoms with Crippen molar-refractivity contribution >= 4 is 22.7 Å². The highest BCUT2D eigenvalue weighted by molar-refractivity contribution is 7.85. The Kier molecular flexibility index (Phi) is 3.53. The predicted octanol–water partition coefficient (Wildman–Crippen LogP) is 0.440. The summed E-state index contributed by atoms with van der Waals surface area (Å²) in [5, 5.41) is 0. The Bertz CT molecular complexity index is 161. The molecule has 0 saturated heterocycles. The molecule has 0 amide bonds. The predicted molar refractivity (Wildman–Crippen MR) is 39.4 cm³/mol. The Hall–Kier alpha value is 0.260. The van der Waals surface area contributed by atoms with Crippen molar-refractivity contribution in [2.75, 3.05) is 11.5 Å². The standard InChI is InChI=1S/C4H10O3S2/c1-4(2-8)3-9(5,6)7/h4,8H,2-3H2,1H3,(H,5,6,7). The molecule has 0 aliphatic rings. The van der Waals surface area contributed by atoms with E-state index >= 15 is 0 Å². The third-order valence-corrected chi connectivity index (χ3v) is 2.42. The molecule has 56 valence electrons. The zero-order chi connectivity index (χ0) is 7.49. The molecule has 9 heavy (non-hydrogen) atoms. The molecule has 0 radical (unpaired) electrons. The fourth-order valence-corrected chi connectivity index (χ4v) is 1.55. The third-order valence-electron chi connectivity index (χ3n) is 0.807. The fraction of sp³-hybridized carbons (Fsp3) is 1.00. The average Bonchev–Trinajstić information content (AvgIpc) is 1.62. The number of rotatable bonds is 3. The van der Waals surface area contributed by atoms with E-state index in [2.05, 4.69) is 12.6 Å². The molecule has 5 heteroatoms. The van der Waals surface area contributed by atoms with Crippen molar-refractivity contribution in [3.8, 4) is 0 Å². The maximum atomic E-state index is 10.1. The lowest BCUT2D eigenvalue weighted by Crippen LogP contribution is -2.13. The topological polar surface area (TPSA) is 54.4 Å². The molecule has 1 unspecified atom stereocenters. The van der Waals surface area contributed by atoms with Crippen LogP contribution in [0.5, 0.6) is 0 Å². The summed E-state index contributed by atoms with van der Waals surface area (Å²) < 4.78 is 28.5. The number of hydrogen-bond acceptors (Lipinski definition) is 3. The van der Waals surface area contributed by atoms with Crippen LogP contribution >= 0.6 is 12.6 Å². The molecule has 0 aromatic rings. The smallest absolute Gasteiger partial charge is 0.265 e. The van der Waals surface area contributed by atoms with E-state index in [-0.39, 0.29) is 11.7 Å². The Morgan fingerprint density at radius 2 is 2.11 bits per heavy atom. The molecule has 0 spiro atoms. The van der Waals surface area contributed by atoms with E-state index in [1.807, 2.05) is 0 Å². The Morgan fingerprint density at radius 3 is 2.22 bits per heavy atom. The molecule has 0 aliphatic carbocycles. The third kappa shape index (κ3) is 6.14. The zero-order valence-electron chi connectivity index (χ0n) is 5.11. The van der Waals surface area contributed by atoms with Crippen molar-refractivity contribution in [2.24, 2.45) is 5.92 Å². The van der Waals surface area contributed by atoms with Crippen LogP contribution in [-0.2, 0) is 10.1 Å². The zero-order valence-corrected chi connectivity index (χ0v) is 6.82. The van der Waals surface area contributed by atoms with Crippen LogP contribution in [0.4, 0.5) is 0 Å². The van der Waals surface area contributed by atoms with Gasteiger partial charge in [-0.05, 0) is 11.7 Å². The van der Waals surface area contributed by atoms with Gasteiger partial charge in [0.2, 0.25) is 0 Å². The summed E-state index contributed by atoms with van der Waals surface area (Å²) in [6.07, 6.45) is 0. The normalized spacial score (nSPS) is 15.4.